The number of esters is 1. The van der Waals surface area contributed by atoms with E-state index in [1.54, 1.807) is 25.3 Å². The van der Waals surface area contributed by atoms with Gasteiger partial charge in [0.25, 0.3) is 0 Å². The number of carbonyl (C=O) groups is 2. The van der Waals surface area contributed by atoms with Crippen LogP contribution < -0.4 is 0 Å². The summed E-state index contributed by atoms with van der Waals surface area (Å²) < 4.78 is 11.5. The minimum Gasteiger partial charge on any atom is -0.464 e. The minimum absolute atomic E-state index is 0.156. The van der Waals surface area contributed by atoms with E-state index in [0.29, 0.717) is 13.1 Å². The van der Waals surface area contributed by atoms with Gasteiger partial charge in [-0.15, -0.1) is 0 Å². The molecule has 0 fully saturated rings. The Labute approximate surface area is 129 Å². The number of aromatic nitrogens is 2. The average Bonchev–Trinajstić information content (AvgIpc) is 2.89. The Kier molecular flexibility index (Phi) is 6.36. The number of rotatable bonds is 6. The number of carbonyl (C=O) groups excluding carboxylic acids is 2. The lowest BCUT2D eigenvalue weighted by Crippen LogP contribution is -2.40. The molecule has 1 aromatic rings. The minimum atomic E-state index is -0.599. The molecule has 0 radical (unpaired) electrons. The smallest absolute Gasteiger partial charge is 0.410 e. The molecule has 1 heterocycles. The number of aliphatic hydroxyl groups is 1. The second-order valence-corrected chi connectivity index (χ2v) is 5.68. The zero-order chi connectivity index (χ0) is 16.8. The molecule has 0 spiro atoms. The molecular weight excluding hydrogens is 290 g/mol. The predicted octanol–water partition coefficient (Wildman–Crippen LogP) is 0.899. The highest BCUT2D eigenvalue weighted by Crippen LogP contribution is 2.10. The van der Waals surface area contributed by atoms with Crippen LogP contribution in [-0.2, 0) is 16.0 Å². The van der Waals surface area contributed by atoms with Crippen molar-refractivity contribution in [2.45, 2.75) is 32.9 Å². The van der Waals surface area contributed by atoms with Gasteiger partial charge in [-0.25, -0.2) is 14.6 Å². The van der Waals surface area contributed by atoms with Crippen LogP contribution in [0.15, 0.2) is 12.5 Å². The van der Waals surface area contributed by atoms with Gasteiger partial charge in [-0.1, -0.05) is 0 Å². The third-order valence-corrected chi connectivity index (χ3v) is 2.68. The van der Waals surface area contributed by atoms with Crippen LogP contribution in [0, 0.1) is 0 Å². The van der Waals surface area contributed by atoms with E-state index in [1.807, 2.05) is 0 Å². The van der Waals surface area contributed by atoms with Gasteiger partial charge in [-0.2, -0.15) is 0 Å². The lowest BCUT2D eigenvalue weighted by molar-refractivity contribution is 0.0212. The summed E-state index contributed by atoms with van der Waals surface area (Å²) in [6, 6.07) is 0. The van der Waals surface area contributed by atoms with Gasteiger partial charge >= 0.3 is 12.1 Å². The average molecular weight is 313 g/mol. The van der Waals surface area contributed by atoms with Crippen LogP contribution in [0.5, 0.6) is 0 Å². The van der Waals surface area contributed by atoms with E-state index in [9.17, 15) is 9.59 Å². The number of hydrogen-bond acceptors (Lipinski definition) is 6. The number of imidazole rings is 1. The molecule has 0 bridgehead atoms. The van der Waals surface area contributed by atoms with Gasteiger partial charge in [0.2, 0.25) is 0 Å². The van der Waals surface area contributed by atoms with E-state index >= 15 is 0 Å². The van der Waals surface area contributed by atoms with Gasteiger partial charge in [0, 0.05) is 25.8 Å². The summed E-state index contributed by atoms with van der Waals surface area (Å²) in [5.41, 5.74) is -0.397. The standard InChI is InChI=1S/C14H23N3O5/c1-14(2,3)22-13(20)17(7-8-18)6-5-16-9-11(15-10-16)12(19)21-4/h9-10,18H,5-8H2,1-4H3. The van der Waals surface area contributed by atoms with E-state index in [1.165, 1.54) is 24.5 Å². The van der Waals surface area contributed by atoms with Crippen molar-refractivity contribution in [1.82, 2.24) is 14.5 Å². The van der Waals surface area contributed by atoms with Gasteiger partial charge in [0.1, 0.15) is 5.60 Å². The number of hydrogen-bond donors (Lipinski definition) is 1. The van der Waals surface area contributed by atoms with Crippen LogP contribution in [0.4, 0.5) is 4.79 Å². The number of aliphatic hydroxyl groups excluding tert-OH is 1. The molecule has 8 nitrogen and oxygen atoms in total. The number of nitrogens with zero attached hydrogens (tertiary/aromatic N) is 3. The first-order chi connectivity index (χ1) is 10.3. The molecule has 0 aliphatic rings. The molecule has 0 saturated carbocycles. The van der Waals surface area contributed by atoms with Crippen molar-refractivity contribution in [3.63, 3.8) is 0 Å². The van der Waals surface area contributed by atoms with Crippen molar-refractivity contribution in [2.75, 3.05) is 26.8 Å². The quantitative estimate of drug-likeness (QED) is 0.784. The van der Waals surface area contributed by atoms with Crippen LogP contribution >= 0.6 is 0 Å². The molecule has 1 amide bonds. The summed E-state index contributed by atoms with van der Waals surface area (Å²) in [5, 5.41) is 9.06. The normalized spacial score (nSPS) is 11.1. The number of ether oxygens (including phenoxy) is 2. The fourth-order valence-corrected chi connectivity index (χ4v) is 1.67. The van der Waals surface area contributed by atoms with Crippen LogP contribution in [0.1, 0.15) is 31.3 Å². The third kappa shape index (κ3) is 5.72. The van der Waals surface area contributed by atoms with E-state index in [0.717, 1.165) is 0 Å². The molecule has 22 heavy (non-hydrogen) atoms. The summed E-state index contributed by atoms with van der Waals surface area (Å²) in [7, 11) is 1.28. The molecule has 0 atom stereocenters. The second kappa shape index (κ2) is 7.79. The topological polar surface area (TPSA) is 93.9 Å². The lowest BCUT2D eigenvalue weighted by atomic mass is 10.2. The van der Waals surface area contributed by atoms with Crippen LogP contribution in [0.2, 0.25) is 0 Å². The Bertz CT molecular complexity index is 507. The highest BCUT2D eigenvalue weighted by atomic mass is 16.6. The maximum Gasteiger partial charge on any atom is 0.410 e. The van der Waals surface area contributed by atoms with E-state index < -0.39 is 17.7 Å². The largest absolute Gasteiger partial charge is 0.464 e. The molecule has 1 aromatic heterocycles. The summed E-state index contributed by atoms with van der Waals surface area (Å²) in [6.07, 6.45) is 2.53. The fourth-order valence-electron chi connectivity index (χ4n) is 1.67. The van der Waals surface area contributed by atoms with Crippen LogP contribution in [0.3, 0.4) is 0 Å². The van der Waals surface area contributed by atoms with Crippen LogP contribution in [0.25, 0.3) is 0 Å². The van der Waals surface area contributed by atoms with Crippen molar-refractivity contribution < 1.29 is 24.2 Å². The Morgan fingerprint density at radius 1 is 1.36 bits per heavy atom. The van der Waals surface area contributed by atoms with E-state index in [-0.39, 0.29) is 18.8 Å². The first-order valence-electron chi connectivity index (χ1n) is 6.95. The predicted molar refractivity (Wildman–Crippen MR) is 78.5 cm³/mol. The summed E-state index contributed by atoms with van der Waals surface area (Å²) in [6.45, 7) is 6.10. The molecule has 124 valence electrons. The third-order valence-electron chi connectivity index (χ3n) is 2.68. The second-order valence-electron chi connectivity index (χ2n) is 5.68. The summed E-state index contributed by atoms with van der Waals surface area (Å²) in [5.74, 6) is -0.516. The Balaban J connectivity index is 2.62. The highest BCUT2D eigenvalue weighted by Gasteiger charge is 2.21. The van der Waals surface area contributed by atoms with E-state index in [2.05, 4.69) is 9.72 Å². The highest BCUT2D eigenvalue weighted by molar-refractivity contribution is 5.86. The monoisotopic (exact) mass is 313 g/mol. The molecule has 0 unspecified atom stereocenters. The Morgan fingerprint density at radius 3 is 2.59 bits per heavy atom. The zero-order valence-electron chi connectivity index (χ0n) is 13.4. The van der Waals surface area contributed by atoms with E-state index in [4.69, 9.17) is 9.84 Å². The fraction of sp³-hybridized carbons (Fsp3) is 0.643. The summed E-state index contributed by atoms with van der Waals surface area (Å²) >= 11 is 0. The van der Waals surface area contributed by atoms with Crippen LogP contribution in [-0.4, -0.2) is 64.0 Å². The van der Waals surface area contributed by atoms with Gasteiger partial charge in [0.15, 0.2) is 5.69 Å². The SMILES string of the molecule is COC(=O)c1cn(CCN(CCO)C(=O)OC(C)(C)C)cn1. The van der Waals surface area contributed by atoms with Crippen molar-refractivity contribution in [3.8, 4) is 0 Å². The molecule has 0 saturated heterocycles. The molecule has 8 heteroatoms. The number of methoxy groups -OCH3 is 1. The van der Waals surface area contributed by atoms with Gasteiger partial charge < -0.3 is 24.0 Å². The van der Waals surface area contributed by atoms with Crippen molar-refractivity contribution in [2.24, 2.45) is 0 Å². The first kappa shape index (κ1) is 18.0. The molecule has 1 N–H and O–H groups in total. The number of amides is 1. The molecule has 1 rings (SSSR count). The van der Waals surface area contributed by atoms with Crippen molar-refractivity contribution in [1.29, 1.82) is 0 Å². The maximum absolute atomic E-state index is 12.0. The summed E-state index contributed by atoms with van der Waals surface area (Å²) in [4.78, 5) is 28.7. The maximum atomic E-state index is 12.0. The lowest BCUT2D eigenvalue weighted by Gasteiger charge is -2.27. The zero-order valence-corrected chi connectivity index (χ0v) is 13.4. The van der Waals surface area contributed by atoms with Gasteiger partial charge in [-0.05, 0) is 20.8 Å². The van der Waals surface area contributed by atoms with Gasteiger partial charge in [0.05, 0.1) is 20.0 Å². The molecular formula is C14H23N3O5. The molecule has 0 aliphatic carbocycles. The molecule has 0 aliphatic heterocycles. The van der Waals surface area contributed by atoms with Crippen molar-refractivity contribution in [3.05, 3.63) is 18.2 Å². The van der Waals surface area contributed by atoms with Crippen molar-refractivity contribution >= 4 is 12.1 Å². The first-order valence-corrected chi connectivity index (χ1v) is 6.95. The van der Waals surface area contributed by atoms with Gasteiger partial charge in [-0.3, -0.25) is 0 Å². The Hall–Kier alpha value is -2.09. The Morgan fingerprint density at radius 2 is 2.05 bits per heavy atom. The molecule has 0 aromatic carbocycles.